The van der Waals surface area contributed by atoms with Gasteiger partial charge in [0.2, 0.25) is 5.91 Å². The van der Waals surface area contributed by atoms with Crippen LogP contribution in [0, 0.1) is 6.92 Å². The van der Waals surface area contributed by atoms with Crippen LogP contribution in [-0.2, 0) is 9.53 Å². The Bertz CT molecular complexity index is 1140. The molecule has 172 valence electrons. The smallest absolute Gasteiger partial charge is 0.341 e. The van der Waals surface area contributed by atoms with Crippen molar-refractivity contribution in [2.24, 2.45) is 0 Å². The Morgan fingerprint density at radius 3 is 2.48 bits per heavy atom. The Hall–Kier alpha value is -2.87. The van der Waals surface area contributed by atoms with E-state index >= 15 is 0 Å². The molecule has 0 atom stereocenters. The molecule has 0 unspecified atom stereocenters. The van der Waals surface area contributed by atoms with Gasteiger partial charge >= 0.3 is 5.97 Å². The zero-order valence-electron chi connectivity index (χ0n) is 18.6. The second-order valence-corrected chi connectivity index (χ2v) is 9.32. The fourth-order valence-electron chi connectivity index (χ4n) is 3.91. The topological polar surface area (TPSA) is 61.9 Å². The van der Waals surface area contributed by atoms with Crippen molar-refractivity contribution in [3.05, 3.63) is 70.1 Å². The number of halogens is 1. The molecule has 1 fully saturated rings. The lowest BCUT2D eigenvalue weighted by Gasteiger charge is -2.35. The van der Waals surface area contributed by atoms with E-state index in [0.717, 1.165) is 53.6 Å². The number of ether oxygens (including phenoxy) is 1. The lowest BCUT2D eigenvalue weighted by molar-refractivity contribution is -0.117. The van der Waals surface area contributed by atoms with E-state index < -0.39 is 5.97 Å². The van der Waals surface area contributed by atoms with Crippen molar-refractivity contribution in [1.29, 1.82) is 0 Å². The fourth-order valence-corrected chi connectivity index (χ4v) is 5.06. The number of nitrogens with zero attached hydrogens (tertiary/aromatic N) is 2. The molecule has 0 aliphatic carbocycles. The van der Waals surface area contributed by atoms with Gasteiger partial charge in [-0.15, -0.1) is 11.3 Å². The first kappa shape index (κ1) is 23.3. The number of carbonyl (C=O) groups is 2. The van der Waals surface area contributed by atoms with Gasteiger partial charge in [-0.3, -0.25) is 9.69 Å². The van der Waals surface area contributed by atoms with Crippen LogP contribution in [0.3, 0.4) is 0 Å². The van der Waals surface area contributed by atoms with E-state index in [-0.39, 0.29) is 12.5 Å². The summed E-state index contributed by atoms with van der Waals surface area (Å²) in [6.45, 7) is 5.45. The van der Waals surface area contributed by atoms with Gasteiger partial charge in [-0.1, -0.05) is 47.5 Å². The molecule has 0 radical (unpaired) electrons. The standard InChI is InChI=1S/C25H26ClN3O3S/c1-17-6-8-18(9-7-17)21-16-33-24(23(21)25(31)32-2)27-22(30)15-28-10-12-29(13-11-28)20-5-3-4-19(26)14-20/h3-9,14,16H,10-13,15H2,1-2H3,(H,27,30). The number of hydrogen-bond acceptors (Lipinski definition) is 6. The van der Waals surface area contributed by atoms with Crippen molar-refractivity contribution >= 4 is 45.5 Å². The molecule has 1 amide bonds. The predicted molar refractivity (Wildman–Crippen MR) is 135 cm³/mol. The average molecular weight is 484 g/mol. The Balaban J connectivity index is 1.40. The quantitative estimate of drug-likeness (QED) is 0.504. The number of thiophene rings is 1. The molecular weight excluding hydrogens is 458 g/mol. The van der Waals surface area contributed by atoms with Crippen LogP contribution in [0.25, 0.3) is 11.1 Å². The van der Waals surface area contributed by atoms with Crippen LogP contribution in [-0.4, -0.2) is 56.6 Å². The third kappa shape index (κ3) is 5.55. The van der Waals surface area contributed by atoms with Crippen molar-refractivity contribution in [2.75, 3.05) is 50.1 Å². The minimum Gasteiger partial charge on any atom is -0.465 e. The van der Waals surface area contributed by atoms with E-state index in [9.17, 15) is 9.59 Å². The summed E-state index contributed by atoms with van der Waals surface area (Å²) in [5.41, 5.74) is 4.30. The maximum absolute atomic E-state index is 12.8. The molecule has 8 heteroatoms. The van der Waals surface area contributed by atoms with Gasteiger partial charge in [0.25, 0.3) is 0 Å². The average Bonchev–Trinajstić information content (AvgIpc) is 3.22. The number of nitrogens with one attached hydrogen (secondary N) is 1. The second kappa shape index (κ2) is 10.4. The number of amides is 1. The number of hydrogen-bond donors (Lipinski definition) is 1. The Labute approximate surface area is 202 Å². The molecule has 0 spiro atoms. The Morgan fingerprint density at radius 2 is 1.82 bits per heavy atom. The largest absolute Gasteiger partial charge is 0.465 e. The SMILES string of the molecule is COC(=O)c1c(-c2ccc(C)cc2)csc1NC(=O)CN1CCN(c2cccc(Cl)c2)CC1. The van der Waals surface area contributed by atoms with Crippen molar-refractivity contribution in [1.82, 2.24) is 4.90 Å². The summed E-state index contributed by atoms with van der Waals surface area (Å²) in [5, 5.41) is 6.05. The maximum Gasteiger partial charge on any atom is 0.341 e. The van der Waals surface area contributed by atoms with E-state index in [1.807, 2.05) is 60.8 Å². The van der Waals surface area contributed by atoms with Gasteiger partial charge in [-0.25, -0.2) is 4.79 Å². The summed E-state index contributed by atoms with van der Waals surface area (Å²) in [4.78, 5) is 29.7. The van der Waals surface area contributed by atoms with Crippen LogP contribution in [0.5, 0.6) is 0 Å². The molecule has 1 saturated heterocycles. The predicted octanol–water partition coefficient (Wildman–Crippen LogP) is 4.92. The summed E-state index contributed by atoms with van der Waals surface area (Å²) in [6, 6.07) is 15.7. The van der Waals surface area contributed by atoms with Crippen LogP contribution < -0.4 is 10.2 Å². The molecule has 2 aromatic carbocycles. The van der Waals surface area contributed by atoms with Crippen LogP contribution in [0.4, 0.5) is 10.7 Å². The number of benzene rings is 2. The third-order valence-electron chi connectivity index (χ3n) is 5.71. The molecule has 33 heavy (non-hydrogen) atoms. The van der Waals surface area contributed by atoms with Gasteiger partial charge in [0, 0.05) is 47.8 Å². The van der Waals surface area contributed by atoms with Crippen molar-refractivity contribution in [3.8, 4) is 11.1 Å². The van der Waals surface area contributed by atoms with Gasteiger partial charge in [0.1, 0.15) is 10.6 Å². The number of rotatable bonds is 6. The number of methoxy groups -OCH3 is 1. The van der Waals surface area contributed by atoms with Crippen LogP contribution >= 0.6 is 22.9 Å². The molecule has 1 aromatic heterocycles. The van der Waals surface area contributed by atoms with E-state index in [1.54, 1.807) is 0 Å². The zero-order valence-corrected chi connectivity index (χ0v) is 20.2. The number of piperazine rings is 1. The summed E-state index contributed by atoms with van der Waals surface area (Å²) in [6.07, 6.45) is 0. The van der Waals surface area contributed by atoms with Crippen molar-refractivity contribution in [3.63, 3.8) is 0 Å². The lowest BCUT2D eigenvalue weighted by atomic mass is 10.0. The molecule has 4 rings (SSSR count). The lowest BCUT2D eigenvalue weighted by Crippen LogP contribution is -2.48. The minimum absolute atomic E-state index is 0.145. The normalized spacial score (nSPS) is 14.2. The first-order valence-corrected chi connectivity index (χ1v) is 12.0. The van der Waals surface area contributed by atoms with Gasteiger partial charge in [0.05, 0.1) is 13.7 Å². The van der Waals surface area contributed by atoms with Gasteiger partial charge in [0.15, 0.2) is 0 Å². The molecule has 0 saturated carbocycles. The molecule has 6 nitrogen and oxygen atoms in total. The van der Waals surface area contributed by atoms with Crippen molar-refractivity contribution < 1.29 is 14.3 Å². The summed E-state index contributed by atoms with van der Waals surface area (Å²) >= 11 is 7.45. The minimum atomic E-state index is -0.461. The first-order valence-electron chi connectivity index (χ1n) is 10.7. The molecular formula is C25H26ClN3O3S. The van der Waals surface area contributed by atoms with Gasteiger partial charge < -0.3 is 15.0 Å². The van der Waals surface area contributed by atoms with Gasteiger partial charge in [-0.2, -0.15) is 0 Å². The van der Waals surface area contributed by atoms with Gasteiger partial charge in [-0.05, 0) is 30.7 Å². The van der Waals surface area contributed by atoms with Crippen LogP contribution in [0.15, 0.2) is 53.9 Å². The van der Waals surface area contributed by atoms with E-state index in [1.165, 1.54) is 18.4 Å². The highest BCUT2D eigenvalue weighted by molar-refractivity contribution is 7.15. The zero-order chi connectivity index (χ0) is 23.4. The number of aryl methyl sites for hydroxylation is 1. The van der Waals surface area contributed by atoms with E-state index in [4.69, 9.17) is 16.3 Å². The molecule has 0 bridgehead atoms. The number of anilines is 2. The summed E-state index contributed by atoms with van der Waals surface area (Å²) in [5.74, 6) is -0.606. The molecule has 1 aliphatic heterocycles. The summed E-state index contributed by atoms with van der Waals surface area (Å²) < 4.78 is 5.01. The number of carbonyl (C=O) groups excluding carboxylic acids is 2. The molecule has 1 N–H and O–H groups in total. The molecule has 1 aliphatic rings. The second-order valence-electron chi connectivity index (χ2n) is 8.00. The van der Waals surface area contributed by atoms with E-state index in [0.29, 0.717) is 10.6 Å². The highest BCUT2D eigenvalue weighted by Crippen LogP contribution is 2.36. The Morgan fingerprint density at radius 1 is 1.09 bits per heavy atom. The monoisotopic (exact) mass is 483 g/mol. The maximum atomic E-state index is 12.8. The highest BCUT2D eigenvalue weighted by atomic mass is 35.5. The van der Waals surface area contributed by atoms with Crippen LogP contribution in [0.2, 0.25) is 5.02 Å². The highest BCUT2D eigenvalue weighted by Gasteiger charge is 2.24. The third-order valence-corrected chi connectivity index (χ3v) is 6.84. The Kier molecular flexibility index (Phi) is 7.33. The first-order chi connectivity index (χ1) is 15.9. The molecule has 2 heterocycles. The number of esters is 1. The fraction of sp³-hybridized carbons (Fsp3) is 0.280. The summed E-state index contributed by atoms with van der Waals surface area (Å²) in [7, 11) is 1.35. The van der Waals surface area contributed by atoms with E-state index in [2.05, 4.69) is 15.1 Å². The van der Waals surface area contributed by atoms with Crippen LogP contribution in [0.1, 0.15) is 15.9 Å². The molecule has 3 aromatic rings. The van der Waals surface area contributed by atoms with Crippen molar-refractivity contribution in [2.45, 2.75) is 6.92 Å².